The lowest BCUT2D eigenvalue weighted by atomic mass is 10.3. The van der Waals surface area contributed by atoms with E-state index in [0.717, 1.165) is 0 Å². The van der Waals surface area contributed by atoms with Crippen LogP contribution in [0.25, 0.3) is 0 Å². The Morgan fingerprint density at radius 1 is 1.45 bits per heavy atom. The molecule has 5 heteroatoms. The van der Waals surface area contributed by atoms with Crippen LogP contribution in [0.2, 0.25) is 0 Å². The van der Waals surface area contributed by atoms with Crippen LogP contribution in [-0.2, 0) is 4.79 Å². The molecule has 4 N–H and O–H groups in total. The van der Waals surface area contributed by atoms with Gasteiger partial charge < -0.3 is 20.6 Å². The number of carbonyl (C=O) groups is 1. The number of aliphatic carboxylic acids is 1. The number of carboxylic acids is 1. The quantitative estimate of drug-likeness (QED) is 0.354. The maximum atomic E-state index is 10.2. The van der Waals surface area contributed by atoms with Gasteiger partial charge in [0, 0.05) is 6.61 Å². The SMILES string of the molecule is O=C(O)C(CO)NCCCO. The summed E-state index contributed by atoms with van der Waals surface area (Å²) in [5.41, 5.74) is 0. The highest BCUT2D eigenvalue weighted by atomic mass is 16.4. The standard InChI is InChI=1S/C6H13NO4/c8-3-1-2-7-5(4-9)6(10)11/h5,7-9H,1-4H2,(H,10,11). The van der Waals surface area contributed by atoms with Gasteiger partial charge in [0.2, 0.25) is 0 Å². The smallest absolute Gasteiger partial charge is 0.323 e. The van der Waals surface area contributed by atoms with Crippen LogP contribution in [0.1, 0.15) is 6.42 Å². The summed E-state index contributed by atoms with van der Waals surface area (Å²) in [6.07, 6.45) is 0.490. The third-order valence-corrected chi connectivity index (χ3v) is 1.21. The fraction of sp³-hybridized carbons (Fsp3) is 0.833. The Labute approximate surface area is 64.7 Å². The number of carboxylic acid groups (broad SMARTS) is 1. The van der Waals surface area contributed by atoms with Crippen LogP contribution in [0.5, 0.6) is 0 Å². The lowest BCUT2D eigenvalue weighted by Gasteiger charge is -2.09. The summed E-state index contributed by atoms with van der Waals surface area (Å²) >= 11 is 0. The molecule has 0 aromatic carbocycles. The van der Waals surface area contributed by atoms with E-state index in [-0.39, 0.29) is 6.61 Å². The van der Waals surface area contributed by atoms with Crippen LogP contribution >= 0.6 is 0 Å². The van der Waals surface area contributed by atoms with Gasteiger partial charge >= 0.3 is 5.97 Å². The molecule has 0 amide bonds. The number of aliphatic hydroxyl groups is 2. The molecule has 0 heterocycles. The maximum absolute atomic E-state index is 10.2. The van der Waals surface area contributed by atoms with Gasteiger partial charge in [0.1, 0.15) is 6.04 Å². The molecule has 0 aromatic heterocycles. The summed E-state index contributed by atoms with van der Waals surface area (Å²) < 4.78 is 0. The van der Waals surface area contributed by atoms with Crippen LogP contribution in [0.15, 0.2) is 0 Å². The highest BCUT2D eigenvalue weighted by Crippen LogP contribution is 1.82. The maximum Gasteiger partial charge on any atom is 0.323 e. The summed E-state index contributed by atoms with van der Waals surface area (Å²) in [5, 5.41) is 27.8. The summed E-state index contributed by atoms with van der Waals surface area (Å²) in [4.78, 5) is 10.2. The minimum Gasteiger partial charge on any atom is -0.480 e. The van der Waals surface area contributed by atoms with Crippen LogP contribution in [-0.4, -0.2) is 47.1 Å². The molecule has 0 spiro atoms. The van der Waals surface area contributed by atoms with E-state index in [1.54, 1.807) is 0 Å². The molecular weight excluding hydrogens is 150 g/mol. The molecule has 0 saturated carbocycles. The van der Waals surface area contributed by atoms with Gasteiger partial charge in [-0.25, -0.2) is 0 Å². The van der Waals surface area contributed by atoms with E-state index < -0.39 is 18.6 Å². The van der Waals surface area contributed by atoms with E-state index in [2.05, 4.69) is 5.32 Å². The monoisotopic (exact) mass is 163 g/mol. The molecule has 1 atom stereocenters. The van der Waals surface area contributed by atoms with E-state index in [0.29, 0.717) is 13.0 Å². The number of hydrogen-bond acceptors (Lipinski definition) is 4. The van der Waals surface area contributed by atoms with Crippen molar-refractivity contribution in [3.63, 3.8) is 0 Å². The second-order valence-corrected chi connectivity index (χ2v) is 2.10. The van der Waals surface area contributed by atoms with Crippen molar-refractivity contribution >= 4 is 5.97 Å². The average molecular weight is 163 g/mol. The van der Waals surface area contributed by atoms with Crippen LogP contribution in [0, 0.1) is 0 Å². The van der Waals surface area contributed by atoms with Gasteiger partial charge in [-0.3, -0.25) is 4.79 Å². The van der Waals surface area contributed by atoms with Gasteiger partial charge in [0.05, 0.1) is 6.61 Å². The molecule has 66 valence electrons. The van der Waals surface area contributed by atoms with Crippen molar-refractivity contribution in [2.24, 2.45) is 0 Å². The van der Waals surface area contributed by atoms with E-state index in [9.17, 15) is 4.79 Å². The Bertz CT molecular complexity index is 117. The van der Waals surface area contributed by atoms with Gasteiger partial charge in [-0.1, -0.05) is 0 Å². The number of hydrogen-bond donors (Lipinski definition) is 4. The Kier molecular flexibility index (Phi) is 5.73. The molecule has 0 aliphatic heterocycles. The van der Waals surface area contributed by atoms with Crippen LogP contribution in [0.4, 0.5) is 0 Å². The Morgan fingerprint density at radius 2 is 2.09 bits per heavy atom. The number of rotatable bonds is 6. The minimum atomic E-state index is -1.08. The van der Waals surface area contributed by atoms with Gasteiger partial charge in [-0.15, -0.1) is 0 Å². The Hall–Kier alpha value is -0.650. The molecule has 0 fully saturated rings. The number of nitrogens with one attached hydrogen (secondary N) is 1. The largest absolute Gasteiger partial charge is 0.480 e. The molecule has 11 heavy (non-hydrogen) atoms. The second-order valence-electron chi connectivity index (χ2n) is 2.10. The molecular formula is C6H13NO4. The highest BCUT2D eigenvalue weighted by Gasteiger charge is 2.13. The fourth-order valence-corrected chi connectivity index (χ4v) is 0.585. The summed E-state index contributed by atoms with van der Waals surface area (Å²) in [7, 11) is 0. The molecule has 0 aliphatic carbocycles. The van der Waals surface area contributed by atoms with Crippen molar-refractivity contribution in [3.05, 3.63) is 0 Å². The zero-order valence-electron chi connectivity index (χ0n) is 6.16. The lowest BCUT2D eigenvalue weighted by Crippen LogP contribution is -2.40. The summed E-state index contributed by atoms with van der Waals surface area (Å²) in [6, 6.07) is -0.915. The fourth-order valence-electron chi connectivity index (χ4n) is 0.585. The first-order valence-corrected chi connectivity index (χ1v) is 3.40. The zero-order chi connectivity index (χ0) is 8.69. The van der Waals surface area contributed by atoms with Crippen molar-refractivity contribution < 1.29 is 20.1 Å². The zero-order valence-corrected chi connectivity index (χ0v) is 6.16. The molecule has 0 aliphatic rings. The normalized spacial score (nSPS) is 12.9. The molecule has 0 rings (SSSR count). The minimum absolute atomic E-state index is 0.0186. The van der Waals surface area contributed by atoms with Crippen molar-refractivity contribution in [3.8, 4) is 0 Å². The van der Waals surface area contributed by atoms with Gasteiger partial charge in [-0.05, 0) is 13.0 Å². The van der Waals surface area contributed by atoms with Gasteiger partial charge in [-0.2, -0.15) is 0 Å². The first-order valence-electron chi connectivity index (χ1n) is 3.40. The van der Waals surface area contributed by atoms with Gasteiger partial charge in [0.15, 0.2) is 0 Å². The van der Waals surface area contributed by atoms with Crippen molar-refractivity contribution in [1.29, 1.82) is 0 Å². The highest BCUT2D eigenvalue weighted by molar-refractivity contribution is 5.73. The first-order chi connectivity index (χ1) is 5.22. The van der Waals surface area contributed by atoms with Crippen LogP contribution in [0.3, 0.4) is 0 Å². The average Bonchev–Trinajstić information content (AvgIpc) is 1.97. The molecule has 5 nitrogen and oxygen atoms in total. The number of aliphatic hydroxyl groups excluding tert-OH is 2. The third-order valence-electron chi connectivity index (χ3n) is 1.21. The molecule has 0 radical (unpaired) electrons. The Morgan fingerprint density at radius 3 is 2.45 bits per heavy atom. The molecule has 0 bridgehead atoms. The third kappa shape index (κ3) is 4.72. The van der Waals surface area contributed by atoms with E-state index in [1.807, 2.05) is 0 Å². The van der Waals surface area contributed by atoms with Crippen molar-refractivity contribution in [2.45, 2.75) is 12.5 Å². The van der Waals surface area contributed by atoms with E-state index in [1.165, 1.54) is 0 Å². The Balaban J connectivity index is 3.44. The van der Waals surface area contributed by atoms with Crippen LogP contribution < -0.4 is 5.32 Å². The lowest BCUT2D eigenvalue weighted by molar-refractivity contribution is -0.140. The molecule has 1 unspecified atom stereocenters. The molecule has 0 saturated heterocycles. The predicted molar refractivity (Wildman–Crippen MR) is 38.2 cm³/mol. The van der Waals surface area contributed by atoms with Crippen molar-refractivity contribution in [1.82, 2.24) is 5.32 Å². The van der Waals surface area contributed by atoms with E-state index >= 15 is 0 Å². The predicted octanol–water partition coefficient (Wildman–Crippen LogP) is -1.60. The first kappa shape index (κ1) is 10.3. The topological polar surface area (TPSA) is 89.8 Å². The van der Waals surface area contributed by atoms with E-state index in [4.69, 9.17) is 15.3 Å². The molecule has 0 aromatic rings. The summed E-state index contributed by atoms with van der Waals surface area (Å²) in [5.74, 6) is -1.08. The van der Waals surface area contributed by atoms with Crippen molar-refractivity contribution in [2.75, 3.05) is 19.8 Å². The second kappa shape index (κ2) is 6.09. The van der Waals surface area contributed by atoms with Gasteiger partial charge in [0.25, 0.3) is 0 Å². The summed E-state index contributed by atoms with van der Waals surface area (Å²) in [6.45, 7) is -0.0143.